The molecular formula is C29H24CoN4O3. The zero-order valence-corrected chi connectivity index (χ0v) is 21.0. The van der Waals surface area contributed by atoms with Crippen LogP contribution >= 0.6 is 0 Å². The van der Waals surface area contributed by atoms with Crippen LogP contribution in [0.2, 0.25) is 0 Å². The van der Waals surface area contributed by atoms with Gasteiger partial charge < -0.3 is 15.3 Å². The van der Waals surface area contributed by atoms with E-state index in [0.717, 1.165) is 18.2 Å². The Hall–Kier alpha value is -4.37. The minimum Gasteiger partial charge on any atom is -0.872 e. The molecule has 0 aliphatic carbocycles. The van der Waals surface area contributed by atoms with Gasteiger partial charge in [0.2, 0.25) is 0 Å². The Morgan fingerprint density at radius 2 is 0.865 bits per heavy atom. The van der Waals surface area contributed by atoms with Crippen molar-refractivity contribution < 1.29 is 32.1 Å². The van der Waals surface area contributed by atoms with Crippen LogP contribution in [0.3, 0.4) is 0 Å². The first-order chi connectivity index (χ1) is 17.7. The number of hydrogen-bond donors (Lipinski definition) is 1. The molecule has 8 heteroatoms. The van der Waals surface area contributed by atoms with Gasteiger partial charge in [0.05, 0.1) is 12.4 Å². The predicted molar refractivity (Wildman–Crippen MR) is 141 cm³/mol. The van der Waals surface area contributed by atoms with Gasteiger partial charge >= 0.3 is 16.8 Å². The fourth-order valence-electron chi connectivity index (χ4n) is 3.15. The normalized spacial score (nSPS) is 11.6. The van der Waals surface area contributed by atoms with Crippen molar-refractivity contribution in [2.75, 3.05) is 7.11 Å². The monoisotopic (exact) mass is 535 g/mol. The van der Waals surface area contributed by atoms with Crippen LogP contribution in [-0.2, 0) is 16.8 Å². The largest absolute Gasteiger partial charge is 2.00 e. The Labute approximate surface area is 226 Å². The number of rotatable bonds is 7. The van der Waals surface area contributed by atoms with Crippen LogP contribution in [0.15, 0.2) is 130 Å². The predicted octanol–water partition coefficient (Wildman–Crippen LogP) is 3.79. The van der Waals surface area contributed by atoms with Crippen molar-refractivity contribution in [1.29, 1.82) is 0 Å². The van der Waals surface area contributed by atoms with Crippen molar-refractivity contribution in [3.8, 4) is 11.5 Å². The molecule has 0 unspecified atom stereocenters. The third kappa shape index (κ3) is 8.36. The molecule has 1 N–H and O–H groups in total. The zero-order valence-electron chi connectivity index (χ0n) is 19.9. The van der Waals surface area contributed by atoms with E-state index in [1.54, 1.807) is 36.4 Å². The second-order valence-electron chi connectivity index (χ2n) is 7.19. The Balaban J connectivity index is 0.00000157. The van der Waals surface area contributed by atoms with Crippen molar-refractivity contribution in [3.63, 3.8) is 0 Å². The Morgan fingerprint density at radius 1 is 0.541 bits per heavy atom. The third-order valence-electron chi connectivity index (χ3n) is 4.87. The maximum absolute atomic E-state index is 12.0. The van der Waals surface area contributed by atoms with Crippen LogP contribution in [0.5, 0.6) is 11.5 Å². The van der Waals surface area contributed by atoms with Crippen LogP contribution < -0.4 is 10.2 Å². The second kappa shape index (κ2) is 15.6. The Bertz CT molecular complexity index is 1270. The van der Waals surface area contributed by atoms with Gasteiger partial charge in [-0.3, -0.25) is 0 Å². The first kappa shape index (κ1) is 28.9. The van der Waals surface area contributed by atoms with Gasteiger partial charge in [-0.15, -0.1) is 10.2 Å². The molecule has 0 bridgehead atoms. The van der Waals surface area contributed by atoms with E-state index in [0.29, 0.717) is 22.6 Å². The molecule has 0 saturated carbocycles. The zero-order chi connectivity index (χ0) is 25.6. The first-order valence-electron chi connectivity index (χ1n) is 11.0. The van der Waals surface area contributed by atoms with Crippen molar-refractivity contribution in [3.05, 3.63) is 131 Å². The van der Waals surface area contributed by atoms with E-state index in [-0.39, 0.29) is 28.3 Å². The molecule has 4 aromatic carbocycles. The van der Waals surface area contributed by atoms with Gasteiger partial charge in [0.15, 0.2) is 0 Å². The van der Waals surface area contributed by atoms with E-state index in [1.807, 2.05) is 60.7 Å². The summed E-state index contributed by atoms with van der Waals surface area (Å²) < 4.78 is 0. The van der Waals surface area contributed by atoms with E-state index in [2.05, 4.69) is 20.4 Å². The first-order valence-corrected chi connectivity index (χ1v) is 11.0. The topological polar surface area (TPSA) is 116 Å². The smallest absolute Gasteiger partial charge is 0.872 e. The van der Waals surface area contributed by atoms with E-state index >= 15 is 0 Å². The Kier molecular flexibility index (Phi) is 12.2. The third-order valence-corrected chi connectivity index (χ3v) is 4.87. The van der Waals surface area contributed by atoms with Gasteiger partial charge in [0.1, 0.15) is 11.4 Å². The number of para-hydroxylation sites is 2. The minimum absolute atomic E-state index is 0. The van der Waals surface area contributed by atoms with Crippen molar-refractivity contribution in [2.24, 2.45) is 20.4 Å². The van der Waals surface area contributed by atoms with Gasteiger partial charge in [0.25, 0.3) is 0 Å². The fraction of sp³-hybridized carbons (Fsp3) is 0.0345. The van der Waals surface area contributed by atoms with E-state index in [9.17, 15) is 10.2 Å². The number of hydrogen-bond acceptors (Lipinski definition) is 7. The molecule has 0 amide bonds. The van der Waals surface area contributed by atoms with E-state index < -0.39 is 0 Å². The molecular weight excluding hydrogens is 511 g/mol. The summed E-state index contributed by atoms with van der Waals surface area (Å²) in [5, 5.41) is 48.3. The fourth-order valence-corrected chi connectivity index (χ4v) is 3.15. The molecule has 4 rings (SSSR count). The van der Waals surface area contributed by atoms with Crippen LogP contribution in [-0.4, -0.2) is 36.1 Å². The standard InChI is InChI=1S/C28H22N4O2.CH4O.Co/c33-25-17-9-7-15-23(25)19-29-31-27(21-11-3-1-4-12-21)28(22-13-5-2-6-14-22)32-30-20-24-16-8-10-18-26(24)34;1-2;/h1-20,33-34H;2H,1H3;/q;;+2/p-2/b29-19+,30-20+,31-27-,32-28-;;. The second-order valence-corrected chi connectivity index (χ2v) is 7.19. The maximum Gasteiger partial charge on any atom is 2.00 e. The maximum atomic E-state index is 12.0. The molecule has 7 nitrogen and oxygen atoms in total. The summed E-state index contributed by atoms with van der Waals surface area (Å²) in [6.45, 7) is 0. The van der Waals surface area contributed by atoms with Crippen molar-refractivity contribution in [2.45, 2.75) is 0 Å². The van der Waals surface area contributed by atoms with Crippen LogP contribution in [0, 0.1) is 0 Å². The molecule has 0 fully saturated rings. The molecule has 4 aromatic rings. The molecule has 0 aromatic heterocycles. The van der Waals surface area contributed by atoms with Gasteiger partial charge in [0, 0.05) is 18.2 Å². The van der Waals surface area contributed by atoms with Gasteiger partial charge in [-0.05, 0) is 11.1 Å². The summed E-state index contributed by atoms with van der Waals surface area (Å²) >= 11 is 0. The van der Waals surface area contributed by atoms with Crippen LogP contribution in [0.4, 0.5) is 0 Å². The van der Waals surface area contributed by atoms with Crippen LogP contribution in [0.25, 0.3) is 0 Å². The number of aliphatic hydroxyl groups excluding tert-OH is 1. The van der Waals surface area contributed by atoms with E-state index in [1.165, 1.54) is 24.6 Å². The van der Waals surface area contributed by atoms with Crippen molar-refractivity contribution >= 4 is 23.9 Å². The number of benzene rings is 4. The number of aliphatic hydroxyl groups is 1. The molecule has 187 valence electrons. The molecule has 1 radical (unpaired) electrons. The summed E-state index contributed by atoms with van der Waals surface area (Å²) in [5.74, 6) is -0.277. The summed E-state index contributed by atoms with van der Waals surface area (Å²) in [4.78, 5) is 0. The van der Waals surface area contributed by atoms with Gasteiger partial charge in [-0.2, -0.15) is 10.2 Å². The number of nitrogens with zero attached hydrogens (tertiary/aromatic N) is 4. The Morgan fingerprint density at radius 3 is 1.22 bits per heavy atom. The summed E-state index contributed by atoms with van der Waals surface area (Å²) in [7, 11) is 1.00. The van der Waals surface area contributed by atoms with Gasteiger partial charge in [-0.25, -0.2) is 0 Å². The SMILES string of the molecule is CO.[Co+2].[O-]c1ccccc1/C=N/N=C(\C(=N/N=C/c1ccccc1[O-])c1ccccc1)c1ccccc1. The van der Waals surface area contributed by atoms with E-state index in [4.69, 9.17) is 5.11 Å². The molecule has 0 atom stereocenters. The van der Waals surface area contributed by atoms with Gasteiger partial charge in [-0.1, -0.05) is 121 Å². The van der Waals surface area contributed by atoms with Crippen LogP contribution in [0.1, 0.15) is 22.3 Å². The molecule has 0 aliphatic heterocycles. The summed E-state index contributed by atoms with van der Waals surface area (Å²) in [6, 6.07) is 32.1. The molecule has 37 heavy (non-hydrogen) atoms. The minimum atomic E-state index is -0.138. The summed E-state index contributed by atoms with van der Waals surface area (Å²) in [6.07, 6.45) is 2.84. The molecule has 0 spiro atoms. The average molecular weight is 535 g/mol. The quantitative estimate of drug-likeness (QED) is 0.287. The molecule has 0 aliphatic rings. The molecule has 0 heterocycles. The molecule has 0 saturated heterocycles. The average Bonchev–Trinajstić information content (AvgIpc) is 2.94. The summed E-state index contributed by atoms with van der Waals surface area (Å²) in [5.41, 5.74) is 3.36. The van der Waals surface area contributed by atoms with Crippen molar-refractivity contribution in [1.82, 2.24) is 0 Å².